The lowest BCUT2D eigenvalue weighted by atomic mass is 10.0. The van der Waals surface area contributed by atoms with Crippen LogP contribution in [0, 0.1) is 12.7 Å². The highest BCUT2D eigenvalue weighted by Gasteiger charge is 2.18. The molecule has 0 fully saturated rings. The summed E-state index contributed by atoms with van der Waals surface area (Å²) in [5, 5.41) is 14.7. The molecule has 0 aliphatic heterocycles. The third-order valence-electron chi connectivity index (χ3n) is 3.36. The second-order valence-electron chi connectivity index (χ2n) is 4.95. The number of benzene rings is 2. The summed E-state index contributed by atoms with van der Waals surface area (Å²) in [6.45, 7) is 1.86. The van der Waals surface area contributed by atoms with Gasteiger partial charge in [-0.2, -0.15) is 5.10 Å². The number of aliphatic hydroxyl groups excluding tert-OH is 1. The number of nitrogens with zero attached hydrogens (tertiary/aromatic N) is 2. The summed E-state index contributed by atoms with van der Waals surface area (Å²) in [6.07, 6.45) is 0.677. The summed E-state index contributed by atoms with van der Waals surface area (Å²) in [4.78, 5) is 0. The van der Waals surface area contributed by atoms with Gasteiger partial charge in [-0.3, -0.25) is 0 Å². The molecule has 0 aliphatic rings. The van der Waals surface area contributed by atoms with Crippen LogP contribution in [-0.2, 0) is 0 Å². The van der Waals surface area contributed by atoms with Gasteiger partial charge in [-0.25, -0.2) is 9.07 Å². The molecule has 4 heteroatoms. The van der Waals surface area contributed by atoms with E-state index in [4.69, 9.17) is 0 Å². The average molecular weight is 282 g/mol. The van der Waals surface area contributed by atoms with Crippen molar-refractivity contribution in [1.29, 1.82) is 0 Å². The molecule has 0 radical (unpaired) electrons. The average Bonchev–Trinajstić information content (AvgIpc) is 3.00. The Morgan fingerprint density at radius 1 is 1.10 bits per heavy atom. The van der Waals surface area contributed by atoms with Crippen molar-refractivity contribution in [2.45, 2.75) is 13.0 Å². The summed E-state index contributed by atoms with van der Waals surface area (Å²) in [7, 11) is 0. The zero-order valence-corrected chi connectivity index (χ0v) is 11.6. The Labute approximate surface area is 122 Å². The van der Waals surface area contributed by atoms with Crippen molar-refractivity contribution in [2.24, 2.45) is 0 Å². The van der Waals surface area contributed by atoms with Crippen LogP contribution < -0.4 is 0 Å². The number of hydrogen-bond acceptors (Lipinski definition) is 2. The highest BCUT2D eigenvalue weighted by atomic mass is 19.1. The van der Waals surface area contributed by atoms with E-state index in [0.29, 0.717) is 5.69 Å². The molecule has 0 saturated carbocycles. The smallest absolute Gasteiger partial charge is 0.129 e. The molecule has 0 saturated heterocycles. The van der Waals surface area contributed by atoms with Crippen LogP contribution >= 0.6 is 0 Å². The van der Waals surface area contributed by atoms with E-state index in [2.05, 4.69) is 5.10 Å². The van der Waals surface area contributed by atoms with E-state index in [1.165, 1.54) is 6.07 Å². The fourth-order valence-electron chi connectivity index (χ4n) is 2.24. The van der Waals surface area contributed by atoms with E-state index in [-0.39, 0.29) is 5.56 Å². The number of halogens is 1. The molecule has 106 valence electrons. The minimum absolute atomic E-state index is 0.244. The van der Waals surface area contributed by atoms with Gasteiger partial charge < -0.3 is 5.11 Å². The van der Waals surface area contributed by atoms with Gasteiger partial charge in [0.2, 0.25) is 0 Å². The van der Waals surface area contributed by atoms with Crippen molar-refractivity contribution in [3.8, 4) is 5.69 Å². The molecule has 21 heavy (non-hydrogen) atoms. The van der Waals surface area contributed by atoms with Crippen molar-refractivity contribution in [2.75, 3.05) is 0 Å². The van der Waals surface area contributed by atoms with Crippen LogP contribution in [0.2, 0.25) is 0 Å². The maximum absolute atomic E-state index is 13.8. The number of aliphatic hydroxyl groups is 1. The van der Waals surface area contributed by atoms with Crippen molar-refractivity contribution < 1.29 is 9.50 Å². The zero-order chi connectivity index (χ0) is 14.8. The Bertz CT molecular complexity index is 752. The van der Waals surface area contributed by atoms with Crippen LogP contribution in [0.15, 0.2) is 60.8 Å². The molecule has 1 heterocycles. The predicted octanol–water partition coefficient (Wildman–Crippen LogP) is 3.40. The van der Waals surface area contributed by atoms with Gasteiger partial charge in [-0.15, -0.1) is 0 Å². The van der Waals surface area contributed by atoms with Crippen LogP contribution in [0.25, 0.3) is 5.69 Å². The van der Waals surface area contributed by atoms with Crippen LogP contribution in [-0.4, -0.2) is 14.9 Å². The first kappa shape index (κ1) is 13.5. The molecule has 1 N–H and O–H groups in total. The molecule has 0 amide bonds. The van der Waals surface area contributed by atoms with Gasteiger partial charge in [0, 0.05) is 11.8 Å². The van der Waals surface area contributed by atoms with Gasteiger partial charge in [0.1, 0.15) is 11.9 Å². The molecule has 3 aromatic rings. The Kier molecular flexibility index (Phi) is 3.54. The molecule has 3 rings (SSSR count). The zero-order valence-electron chi connectivity index (χ0n) is 11.6. The molecule has 0 aliphatic carbocycles. The van der Waals surface area contributed by atoms with Crippen molar-refractivity contribution in [3.05, 3.63) is 83.4 Å². The second kappa shape index (κ2) is 5.50. The molecule has 2 aromatic carbocycles. The lowest BCUT2D eigenvalue weighted by Gasteiger charge is -2.10. The quantitative estimate of drug-likeness (QED) is 0.799. The van der Waals surface area contributed by atoms with Crippen LogP contribution in [0.4, 0.5) is 4.39 Å². The van der Waals surface area contributed by atoms with Gasteiger partial charge in [-0.05, 0) is 31.2 Å². The van der Waals surface area contributed by atoms with Crippen LogP contribution in [0.1, 0.15) is 22.9 Å². The van der Waals surface area contributed by atoms with Gasteiger partial charge in [0.25, 0.3) is 0 Å². The monoisotopic (exact) mass is 282 g/mol. The highest BCUT2D eigenvalue weighted by Crippen LogP contribution is 2.24. The Morgan fingerprint density at radius 3 is 2.62 bits per heavy atom. The first-order chi connectivity index (χ1) is 10.1. The van der Waals surface area contributed by atoms with E-state index < -0.39 is 11.9 Å². The summed E-state index contributed by atoms with van der Waals surface area (Å²) in [6, 6.07) is 15.9. The SMILES string of the molecule is Cc1ccc(F)c(C(O)c2ccn(-c3ccccc3)n2)c1. The van der Waals surface area contributed by atoms with Crippen molar-refractivity contribution >= 4 is 0 Å². The second-order valence-corrected chi connectivity index (χ2v) is 4.95. The third kappa shape index (κ3) is 2.71. The lowest BCUT2D eigenvalue weighted by molar-refractivity contribution is 0.209. The standard InChI is InChI=1S/C17H15FN2O/c1-12-7-8-15(18)14(11-12)17(21)16-9-10-20(19-16)13-5-3-2-4-6-13/h2-11,17,21H,1H3. The van der Waals surface area contributed by atoms with Gasteiger partial charge in [0.15, 0.2) is 0 Å². The fourth-order valence-corrected chi connectivity index (χ4v) is 2.24. The van der Waals surface area contributed by atoms with E-state index in [0.717, 1.165) is 11.3 Å². The lowest BCUT2D eigenvalue weighted by Crippen LogP contribution is -2.05. The Hall–Kier alpha value is -2.46. The largest absolute Gasteiger partial charge is 0.382 e. The fraction of sp³-hybridized carbons (Fsp3) is 0.118. The molecule has 0 bridgehead atoms. The third-order valence-corrected chi connectivity index (χ3v) is 3.36. The molecule has 1 unspecified atom stereocenters. The van der Waals surface area contributed by atoms with Crippen LogP contribution in [0.3, 0.4) is 0 Å². The minimum Gasteiger partial charge on any atom is -0.382 e. The maximum Gasteiger partial charge on any atom is 0.129 e. The number of hydrogen-bond donors (Lipinski definition) is 1. The Morgan fingerprint density at radius 2 is 1.86 bits per heavy atom. The molecule has 3 nitrogen and oxygen atoms in total. The number of aromatic nitrogens is 2. The number of aryl methyl sites for hydroxylation is 1. The van der Waals surface area contributed by atoms with Crippen molar-refractivity contribution in [1.82, 2.24) is 9.78 Å². The maximum atomic E-state index is 13.8. The molecular formula is C17H15FN2O. The van der Waals surface area contributed by atoms with E-state index in [1.54, 1.807) is 29.1 Å². The minimum atomic E-state index is -1.07. The molecule has 1 aromatic heterocycles. The molecular weight excluding hydrogens is 267 g/mol. The first-order valence-electron chi connectivity index (χ1n) is 6.70. The first-order valence-corrected chi connectivity index (χ1v) is 6.70. The highest BCUT2D eigenvalue weighted by molar-refractivity contribution is 5.33. The van der Waals surface area contributed by atoms with Crippen molar-refractivity contribution in [3.63, 3.8) is 0 Å². The summed E-state index contributed by atoms with van der Waals surface area (Å²) in [5.41, 5.74) is 2.45. The van der Waals surface area contributed by atoms with Gasteiger partial charge in [-0.1, -0.05) is 35.9 Å². The van der Waals surface area contributed by atoms with Crippen LogP contribution in [0.5, 0.6) is 0 Å². The summed E-state index contributed by atoms with van der Waals surface area (Å²) < 4.78 is 15.5. The van der Waals surface area contributed by atoms with Gasteiger partial charge >= 0.3 is 0 Å². The normalized spacial score (nSPS) is 12.3. The van der Waals surface area contributed by atoms with Gasteiger partial charge in [0.05, 0.1) is 11.4 Å². The predicted molar refractivity (Wildman–Crippen MR) is 78.8 cm³/mol. The van der Waals surface area contributed by atoms with E-state index in [9.17, 15) is 9.50 Å². The summed E-state index contributed by atoms with van der Waals surface area (Å²) >= 11 is 0. The molecule has 1 atom stereocenters. The Balaban J connectivity index is 1.94. The van der Waals surface area contributed by atoms with E-state index >= 15 is 0 Å². The topological polar surface area (TPSA) is 38.0 Å². The number of para-hydroxylation sites is 1. The van der Waals surface area contributed by atoms with E-state index in [1.807, 2.05) is 37.3 Å². The molecule has 0 spiro atoms. The number of rotatable bonds is 3. The summed E-state index contributed by atoms with van der Waals surface area (Å²) in [5.74, 6) is -0.428.